The van der Waals surface area contributed by atoms with Crippen molar-refractivity contribution in [2.24, 2.45) is 0 Å². The molecule has 2 N–H and O–H groups in total. The van der Waals surface area contributed by atoms with Crippen LogP contribution in [0.1, 0.15) is 22.3 Å². The largest absolute Gasteiger partial charge is 0.478 e. The third-order valence-corrected chi connectivity index (χ3v) is 4.78. The Labute approximate surface area is 128 Å². The van der Waals surface area contributed by atoms with Gasteiger partial charge in [0.15, 0.2) is 0 Å². The maximum absolute atomic E-state index is 12.0. The monoisotopic (exact) mass is 308 g/mol. The third-order valence-electron chi connectivity index (χ3n) is 3.64. The number of hydrogen-bond donors (Lipinski definition) is 2. The number of aromatic carboxylic acids is 1. The van der Waals surface area contributed by atoms with Crippen LogP contribution in [0.3, 0.4) is 0 Å². The van der Waals surface area contributed by atoms with E-state index in [4.69, 9.17) is 5.11 Å². The number of urea groups is 1. The molecule has 1 atom stereocenters. The summed E-state index contributed by atoms with van der Waals surface area (Å²) in [4.78, 5) is 24.7. The van der Waals surface area contributed by atoms with Crippen molar-refractivity contribution in [1.82, 2.24) is 10.2 Å². The minimum absolute atomic E-state index is 0.0584. The Morgan fingerprint density at radius 3 is 2.95 bits per heavy atom. The van der Waals surface area contributed by atoms with Gasteiger partial charge < -0.3 is 15.3 Å². The van der Waals surface area contributed by atoms with Gasteiger partial charge in [-0.1, -0.05) is 12.1 Å². The minimum atomic E-state index is -0.931. The predicted molar refractivity (Wildman–Crippen MR) is 84.0 cm³/mol. The summed E-state index contributed by atoms with van der Waals surface area (Å²) in [5.74, 6) is 1.19. The Balaban J connectivity index is 1.79. The highest BCUT2D eigenvalue weighted by atomic mass is 32.2. The Morgan fingerprint density at radius 2 is 2.29 bits per heavy atom. The Hall–Kier alpha value is -1.69. The van der Waals surface area contributed by atoms with Crippen molar-refractivity contribution < 1.29 is 14.7 Å². The van der Waals surface area contributed by atoms with E-state index in [1.807, 2.05) is 24.9 Å². The van der Waals surface area contributed by atoms with E-state index < -0.39 is 5.97 Å². The normalized spacial score (nSPS) is 17.5. The molecule has 1 aliphatic rings. The van der Waals surface area contributed by atoms with E-state index in [2.05, 4.69) is 5.32 Å². The zero-order valence-corrected chi connectivity index (χ0v) is 12.9. The number of nitrogens with zero attached hydrogens (tertiary/aromatic N) is 1. The molecular weight excluding hydrogens is 288 g/mol. The molecule has 1 aromatic rings. The van der Waals surface area contributed by atoms with E-state index >= 15 is 0 Å². The van der Waals surface area contributed by atoms with Crippen LogP contribution < -0.4 is 5.32 Å². The van der Waals surface area contributed by atoms with Gasteiger partial charge in [0.1, 0.15) is 0 Å². The summed E-state index contributed by atoms with van der Waals surface area (Å²) in [6.07, 6.45) is 1.68. The van der Waals surface area contributed by atoms with E-state index in [1.54, 1.807) is 23.1 Å². The van der Waals surface area contributed by atoms with Crippen LogP contribution in [0.5, 0.6) is 0 Å². The van der Waals surface area contributed by atoms with Crippen molar-refractivity contribution in [3.05, 3.63) is 35.4 Å². The van der Waals surface area contributed by atoms with Crippen molar-refractivity contribution in [3.63, 3.8) is 0 Å². The van der Waals surface area contributed by atoms with Crippen LogP contribution in [0.2, 0.25) is 0 Å². The molecule has 1 heterocycles. The number of carboxylic acid groups (broad SMARTS) is 1. The standard InChI is InChI=1S/C15H20N2O3S/c1-17(13-6-8-21-10-13)15(20)16-7-5-11-3-2-4-12(9-11)14(18)19/h2-4,9,13H,5-8,10H2,1H3,(H,16,20)(H,18,19). The number of nitrogens with one attached hydrogen (secondary N) is 1. The average Bonchev–Trinajstić information content (AvgIpc) is 3.00. The van der Waals surface area contributed by atoms with Gasteiger partial charge in [-0.3, -0.25) is 0 Å². The lowest BCUT2D eigenvalue weighted by molar-refractivity contribution is 0.0696. The highest BCUT2D eigenvalue weighted by molar-refractivity contribution is 7.99. The van der Waals surface area contributed by atoms with E-state index in [1.165, 1.54) is 0 Å². The van der Waals surface area contributed by atoms with Gasteiger partial charge in [0.05, 0.1) is 5.56 Å². The van der Waals surface area contributed by atoms with Crippen molar-refractivity contribution in [1.29, 1.82) is 0 Å². The molecule has 1 unspecified atom stereocenters. The van der Waals surface area contributed by atoms with Crippen LogP contribution in [0, 0.1) is 0 Å². The molecule has 5 nitrogen and oxygen atoms in total. The summed E-state index contributed by atoms with van der Waals surface area (Å²) in [6, 6.07) is 7.07. The second-order valence-electron chi connectivity index (χ2n) is 5.12. The minimum Gasteiger partial charge on any atom is -0.478 e. The fraction of sp³-hybridized carbons (Fsp3) is 0.467. The number of carbonyl (C=O) groups excluding carboxylic acids is 1. The molecule has 1 aliphatic heterocycles. The molecule has 0 radical (unpaired) electrons. The van der Waals surface area contributed by atoms with Crippen molar-refractivity contribution in [2.45, 2.75) is 18.9 Å². The Kier molecular flexibility index (Phi) is 5.50. The molecule has 0 spiro atoms. The highest BCUT2D eigenvalue weighted by Gasteiger charge is 2.23. The number of amides is 2. The second-order valence-corrected chi connectivity index (χ2v) is 6.27. The van der Waals surface area contributed by atoms with Crippen LogP contribution in [0.25, 0.3) is 0 Å². The third kappa shape index (κ3) is 4.39. The number of carboxylic acids is 1. The van der Waals surface area contributed by atoms with Crippen LogP contribution in [0.4, 0.5) is 4.79 Å². The van der Waals surface area contributed by atoms with Crippen LogP contribution in [-0.2, 0) is 6.42 Å². The zero-order chi connectivity index (χ0) is 15.2. The molecule has 2 amide bonds. The van der Waals surface area contributed by atoms with Crippen molar-refractivity contribution in [2.75, 3.05) is 25.1 Å². The summed E-state index contributed by atoms with van der Waals surface area (Å²) in [7, 11) is 1.83. The van der Waals surface area contributed by atoms with Crippen LogP contribution >= 0.6 is 11.8 Å². The van der Waals surface area contributed by atoms with Gasteiger partial charge in [-0.25, -0.2) is 9.59 Å². The van der Waals surface area contributed by atoms with Crippen LogP contribution in [0.15, 0.2) is 24.3 Å². The molecule has 6 heteroatoms. The quantitative estimate of drug-likeness (QED) is 0.874. The van der Waals surface area contributed by atoms with Gasteiger partial charge in [-0.15, -0.1) is 0 Å². The highest BCUT2D eigenvalue weighted by Crippen LogP contribution is 2.21. The molecule has 0 saturated carbocycles. The van der Waals surface area contributed by atoms with Gasteiger partial charge in [-0.2, -0.15) is 11.8 Å². The summed E-state index contributed by atoms with van der Waals surface area (Å²) < 4.78 is 0. The van der Waals surface area contributed by atoms with Gasteiger partial charge in [0.25, 0.3) is 0 Å². The Bertz CT molecular complexity index is 515. The fourth-order valence-electron chi connectivity index (χ4n) is 2.29. The first-order chi connectivity index (χ1) is 10.1. The molecule has 0 aliphatic carbocycles. The van der Waals surface area contributed by atoms with Gasteiger partial charge in [0.2, 0.25) is 0 Å². The van der Waals surface area contributed by atoms with Crippen molar-refractivity contribution >= 4 is 23.8 Å². The van der Waals surface area contributed by atoms with Crippen LogP contribution in [-0.4, -0.2) is 53.1 Å². The summed E-state index contributed by atoms with van der Waals surface area (Å²) in [6.45, 7) is 0.506. The maximum atomic E-state index is 12.0. The maximum Gasteiger partial charge on any atom is 0.335 e. The molecule has 114 valence electrons. The SMILES string of the molecule is CN(C(=O)NCCc1cccc(C(=O)O)c1)C1CCSC1. The molecule has 21 heavy (non-hydrogen) atoms. The lowest BCUT2D eigenvalue weighted by atomic mass is 10.1. The first-order valence-electron chi connectivity index (χ1n) is 6.98. The Morgan fingerprint density at radius 1 is 1.48 bits per heavy atom. The molecule has 1 fully saturated rings. The van der Waals surface area contributed by atoms with Crippen molar-refractivity contribution in [3.8, 4) is 0 Å². The van der Waals surface area contributed by atoms with Gasteiger partial charge in [0, 0.05) is 25.4 Å². The van der Waals surface area contributed by atoms with Gasteiger partial charge in [-0.05, 0) is 36.3 Å². The topological polar surface area (TPSA) is 69.6 Å². The summed E-state index contributed by atoms with van der Waals surface area (Å²) in [5.41, 5.74) is 1.19. The smallest absolute Gasteiger partial charge is 0.335 e. The molecule has 2 rings (SSSR count). The van der Waals surface area contributed by atoms with E-state index in [0.29, 0.717) is 19.0 Å². The average molecular weight is 308 g/mol. The molecule has 0 aromatic heterocycles. The molecule has 1 saturated heterocycles. The predicted octanol–water partition coefficient (Wildman–Crippen LogP) is 2.07. The van der Waals surface area contributed by atoms with E-state index in [0.717, 1.165) is 23.5 Å². The van der Waals surface area contributed by atoms with E-state index in [-0.39, 0.29) is 11.6 Å². The number of hydrogen-bond acceptors (Lipinski definition) is 3. The number of carbonyl (C=O) groups is 2. The van der Waals surface area contributed by atoms with E-state index in [9.17, 15) is 9.59 Å². The summed E-state index contributed by atoms with van der Waals surface area (Å²) >= 11 is 1.88. The lowest BCUT2D eigenvalue weighted by Crippen LogP contribution is -2.44. The lowest BCUT2D eigenvalue weighted by Gasteiger charge is -2.24. The molecule has 1 aromatic carbocycles. The first kappa shape index (κ1) is 15.7. The first-order valence-corrected chi connectivity index (χ1v) is 8.14. The molecule has 0 bridgehead atoms. The fourth-order valence-corrected chi connectivity index (χ4v) is 3.56. The number of benzene rings is 1. The number of rotatable bonds is 5. The van der Waals surface area contributed by atoms with Gasteiger partial charge >= 0.3 is 12.0 Å². The second kappa shape index (κ2) is 7.36. The number of thioether (sulfide) groups is 1. The molecular formula is C15H20N2O3S. The zero-order valence-electron chi connectivity index (χ0n) is 12.0. The summed E-state index contributed by atoms with van der Waals surface area (Å²) in [5, 5.41) is 11.8.